The first kappa shape index (κ1) is 13.7. The van der Waals surface area contributed by atoms with Gasteiger partial charge >= 0.3 is 0 Å². The Balaban J connectivity index is 2.56. The lowest BCUT2D eigenvalue weighted by Gasteiger charge is -2.16. The highest BCUT2D eigenvalue weighted by atomic mass is 79.9. The summed E-state index contributed by atoms with van der Waals surface area (Å²) in [5.41, 5.74) is 1.18. The van der Waals surface area contributed by atoms with Crippen LogP contribution in [0.25, 0.3) is 0 Å². The molecule has 3 heteroatoms. The summed E-state index contributed by atoms with van der Waals surface area (Å²) in [5.74, 6) is 0.403. The largest absolute Gasteiger partial charge is 0.317 e. The van der Waals surface area contributed by atoms with Crippen LogP contribution in [0.15, 0.2) is 22.7 Å². The number of benzene rings is 1. The minimum atomic E-state index is -0.194. The van der Waals surface area contributed by atoms with E-state index in [1.54, 1.807) is 0 Å². The van der Waals surface area contributed by atoms with Crippen molar-refractivity contribution in [3.63, 3.8) is 0 Å². The number of nitrogens with one attached hydrogen (secondary N) is 1. The van der Waals surface area contributed by atoms with Gasteiger partial charge in [-0.05, 0) is 66.4 Å². The zero-order valence-corrected chi connectivity index (χ0v) is 11.6. The van der Waals surface area contributed by atoms with Crippen LogP contribution in [-0.4, -0.2) is 13.1 Å². The summed E-state index contributed by atoms with van der Waals surface area (Å²) in [4.78, 5) is 0. The summed E-state index contributed by atoms with van der Waals surface area (Å²) in [7, 11) is 1.98. The van der Waals surface area contributed by atoms with Crippen molar-refractivity contribution in [1.29, 1.82) is 0 Å². The topological polar surface area (TPSA) is 12.0 Å². The van der Waals surface area contributed by atoms with Gasteiger partial charge in [-0.15, -0.1) is 0 Å². The summed E-state index contributed by atoms with van der Waals surface area (Å²) in [5, 5.41) is 3.23. The van der Waals surface area contributed by atoms with Crippen molar-refractivity contribution in [2.24, 2.45) is 5.92 Å². The Hall–Kier alpha value is -0.410. The van der Waals surface area contributed by atoms with E-state index < -0.39 is 0 Å². The van der Waals surface area contributed by atoms with Crippen LogP contribution in [0.2, 0.25) is 0 Å². The van der Waals surface area contributed by atoms with E-state index in [1.807, 2.05) is 19.2 Å². The summed E-state index contributed by atoms with van der Waals surface area (Å²) in [6.07, 6.45) is 2.12. The average Bonchev–Trinajstić information content (AvgIpc) is 2.23. The molecule has 0 aliphatic rings. The zero-order valence-electron chi connectivity index (χ0n) is 10.1. The number of halogens is 2. The van der Waals surface area contributed by atoms with Crippen LogP contribution in [0, 0.1) is 11.7 Å². The van der Waals surface area contributed by atoms with Crippen LogP contribution in [0.4, 0.5) is 4.39 Å². The van der Waals surface area contributed by atoms with Crippen LogP contribution in [0.1, 0.15) is 25.8 Å². The molecule has 1 nitrogen and oxygen atoms in total. The number of rotatable bonds is 5. The van der Waals surface area contributed by atoms with Gasteiger partial charge in [0.25, 0.3) is 0 Å². The molecule has 0 aliphatic heterocycles. The van der Waals surface area contributed by atoms with E-state index in [4.69, 9.17) is 0 Å². The summed E-state index contributed by atoms with van der Waals surface area (Å²) < 4.78 is 13.6. The first-order valence-corrected chi connectivity index (χ1v) is 6.43. The third-order valence-electron chi connectivity index (χ3n) is 2.82. The van der Waals surface area contributed by atoms with Crippen molar-refractivity contribution in [1.82, 2.24) is 5.32 Å². The molecule has 0 saturated carbocycles. The molecule has 0 fully saturated rings. The van der Waals surface area contributed by atoms with Crippen LogP contribution < -0.4 is 5.32 Å². The monoisotopic (exact) mass is 287 g/mol. The Labute approximate surface area is 106 Å². The van der Waals surface area contributed by atoms with Crippen molar-refractivity contribution in [3.8, 4) is 0 Å². The van der Waals surface area contributed by atoms with Crippen LogP contribution in [0.5, 0.6) is 0 Å². The molecule has 0 radical (unpaired) electrons. The summed E-state index contributed by atoms with van der Waals surface area (Å²) in [6.45, 7) is 4.40. The highest BCUT2D eigenvalue weighted by Gasteiger charge is 2.09. The molecular weight excluding hydrogens is 269 g/mol. The molecular formula is C13H19BrFN. The van der Waals surface area contributed by atoms with Gasteiger partial charge in [-0.25, -0.2) is 4.39 Å². The van der Waals surface area contributed by atoms with Crippen LogP contribution in [-0.2, 0) is 6.42 Å². The van der Waals surface area contributed by atoms with Crippen molar-refractivity contribution < 1.29 is 4.39 Å². The van der Waals surface area contributed by atoms with Gasteiger partial charge in [0.2, 0.25) is 0 Å². The minimum absolute atomic E-state index is 0.194. The second-order valence-electron chi connectivity index (χ2n) is 4.48. The second kappa shape index (κ2) is 6.36. The lowest BCUT2D eigenvalue weighted by molar-refractivity contribution is 0.440. The first-order valence-electron chi connectivity index (χ1n) is 5.64. The molecule has 2 unspecified atom stereocenters. The first-order chi connectivity index (χ1) is 7.52. The molecule has 0 aliphatic carbocycles. The third kappa shape index (κ3) is 4.22. The van der Waals surface area contributed by atoms with Gasteiger partial charge < -0.3 is 5.32 Å². The normalized spacial score (nSPS) is 14.8. The second-order valence-corrected chi connectivity index (χ2v) is 5.34. The van der Waals surface area contributed by atoms with Gasteiger partial charge in [0.1, 0.15) is 5.82 Å². The van der Waals surface area contributed by atoms with E-state index in [2.05, 4.69) is 35.1 Å². The van der Waals surface area contributed by atoms with Crippen molar-refractivity contribution in [3.05, 3.63) is 34.1 Å². The molecule has 0 spiro atoms. The predicted molar refractivity (Wildman–Crippen MR) is 70.1 cm³/mol. The van der Waals surface area contributed by atoms with E-state index >= 15 is 0 Å². The Morgan fingerprint density at radius 2 is 2.06 bits per heavy atom. The Bertz CT molecular complexity index is 341. The highest BCUT2D eigenvalue weighted by molar-refractivity contribution is 9.10. The summed E-state index contributed by atoms with van der Waals surface area (Å²) in [6, 6.07) is 5.78. The standard InChI is InChI=1S/C13H19BrFN/c1-9(6-10(2)16-3)7-11-4-5-13(15)12(14)8-11/h4-5,8-10,16H,6-7H2,1-3H3. The van der Waals surface area contributed by atoms with E-state index in [0.717, 1.165) is 12.8 Å². The minimum Gasteiger partial charge on any atom is -0.317 e. The molecule has 0 aromatic heterocycles. The number of hydrogen-bond donors (Lipinski definition) is 1. The molecule has 1 aromatic carbocycles. The Morgan fingerprint density at radius 1 is 1.38 bits per heavy atom. The molecule has 0 saturated heterocycles. The molecule has 1 N–H and O–H groups in total. The van der Waals surface area contributed by atoms with Gasteiger partial charge in [0.15, 0.2) is 0 Å². The predicted octanol–water partition coefficient (Wildman–Crippen LogP) is 3.76. The maximum atomic E-state index is 13.0. The lowest BCUT2D eigenvalue weighted by Crippen LogP contribution is -2.24. The number of hydrogen-bond acceptors (Lipinski definition) is 1. The molecule has 16 heavy (non-hydrogen) atoms. The van der Waals surface area contributed by atoms with Crippen LogP contribution in [0.3, 0.4) is 0 Å². The molecule has 1 rings (SSSR count). The maximum Gasteiger partial charge on any atom is 0.137 e. The summed E-state index contributed by atoms with van der Waals surface area (Å²) >= 11 is 3.21. The molecule has 2 atom stereocenters. The van der Waals surface area contributed by atoms with E-state index in [9.17, 15) is 4.39 Å². The van der Waals surface area contributed by atoms with Gasteiger partial charge in [0, 0.05) is 6.04 Å². The van der Waals surface area contributed by atoms with Crippen molar-refractivity contribution >= 4 is 15.9 Å². The fourth-order valence-corrected chi connectivity index (χ4v) is 2.30. The Morgan fingerprint density at radius 3 is 2.62 bits per heavy atom. The van der Waals surface area contributed by atoms with Crippen molar-refractivity contribution in [2.75, 3.05) is 7.05 Å². The molecule has 0 heterocycles. The molecule has 90 valence electrons. The van der Waals surface area contributed by atoms with E-state index in [0.29, 0.717) is 16.4 Å². The van der Waals surface area contributed by atoms with Gasteiger partial charge in [-0.3, -0.25) is 0 Å². The lowest BCUT2D eigenvalue weighted by atomic mass is 9.95. The molecule has 0 amide bonds. The fourth-order valence-electron chi connectivity index (χ4n) is 1.87. The smallest absolute Gasteiger partial charge is 0.137 e. The molecule has 0 bridgehead atoms. The van der Waals surface area contributed by atoms with Gasteiger partial charge in [0.05, 0.1) is 4.47 Å². The van der Waals surface area contributed by atoms with Crippen LogP contribution >= 0.6 is 15.9 Å². The fraction of sp³-hybridized carbons (Fsp3) is 0.538. The quantitative estimate of drug-likeness (QED) is 0.869. The van der Waals surface area contributed by atoms with Gasteiger partial charge in [-0.2, -0.15) is 0 Å². The third-order valence-corrected chi connectivity index (χ3v) is 3.42. The van der Waals surface area contributed by atoms with Gasteiger partial charge in [-0.1, -0.05) is 13.0 Å². The Kier molecular flexibility index (Phi) is 5.42. The zero-order chi connectivity index (χ0) is 12.1. The average molecular weight is 288 g/mol. The SMILES string of the molecule is CNC(C)CC(C)Cc1ccc(F)c(Br)c1. The van der Waals surface area contributed by atoms with E-state index in [-0.39, 0.29) is 5.82 Å². The highest BCUT2D eigenvalue weighted by Crippen LogP contribution is 2.20. The molecule has 1 aromatic rings. The van der Waals surface area contributed by atoms with Crippen molar-refractivity contribution in [2.45, 2.75) is 32.7 Å². The van der Waals surface area contributed by atoms with E-state index in [1.165, 1.54) is 11.6 Å². The maximum absolute atomic E-state index is 13.0.